The van der Waals surface area contributed by atoms with Crippen LogP contribution in [0.3, 0.4) is 0 Å². The van der Waals surface area contributed by atoms with Crippen LogP contribution in [0.5, 0.6) is 0 Å². The van der Waals surface area contributed by atoms with E-state index >= 15 is 0 Å². The summed E-state index contributed by atoms with van der Waals surface area (Å²) in [5, 5.41) is 0. The van der Waals surface area contributed by atoms with E-state index in [-0.39, 0.29) is 0 Å². The highest BCUT2D eigenvalue weighted by Crippen LogP contribution is 2.32. The summed E-state index contributed by atoms with van der Waals surface area (Å²) < 4.78 is 0. The van der Waals surface area contributed by atoms with E-state index in [0.29, 0.717) is 0 Å². The van der Waals surface area contributed by atoms with E-state index < -0.39 is 0 Å². The van der Waals surface area contributed by atoms with Crippen molar-refractivity contribution in [2.45, 2.75) is 52.9 Å². The number of aromatic nitrogens is 2. The molecule has 1 aliphatic carbocycles. The molecule has 19 heavy (non-hydrogen) atoms. The predicted octanol–water partition coefficient (Wildman–Crippen LogP) is 3.15. The molecule has 1 fully saturated rings. The minimum atomic E-state index is 0.767. The van der Waals surface area contributed by atoms with Crippen molar-refractivity contribution in [2.75, 3.05) is 18.0 Å². The molecule has 2 heterocycles. The normalized spacial score (nSPS) is 27.2. The van der Waals surface area contributed by atoms with Crippen molar-refractivity contribution in [3.8, 4) is 0 Å². The van der Waals surface area contributed by atoms with Crippen LogP contribution in [0.4, 0.5) is 5.82 Å². The van der Waals surface area contributed by atoms with E-state index in [2.05, 4.69) is 23.7 Å². The van der Waals surface area contributed by atoms with E-state index in [9.17, 15) is 0 Å². The summed E-state index contributed by atoms with van der Waals surface area (Å²) in [5.41, 5.74) is 2.76. The molecule has 3 rings (SSSR count). The molecule has 1 aromatic heterocycles. The standard InChI is InChI=1S/C16H25N3/c1-11-8-9-19(10-12(11)2)16-14-6-4-5-7-15(14)17-13(3)18-16/h11-12H,4-10H2,1-3H3. The molecule has 1 aliphatic heterocycles. The van der Waals surface area contributed by atoms with Gasteiger partial charge in [0.25, 0.3) is 0 Å². The number of piperidine rings is 1. The van der Waals surface area contributed by atoms with Gasteiger partial charge in [0.2, 0.25) is 0 Å². The van der Waals surface area contributed by atoms with Gasteiger partial charge in [-0.3, -0.25) is 0 Å². The first-order valence-corrected chi connectivity index (χ1v) is 7.76. The van der Waals surface area contributed by atoms with Gasteiger partial charge < -0.3 is 4.90 Å². The van der Waals surface area contributed by atoms with Crippen LogP contribution in [0.2, 0.25) is 0 Å². The van der Waals surface area contributed by atoms with Gasteiger partial charge in [-0.2, -0.15) is 0 Å². The van der Waals surface area contributed by atoms with Gasteiger partial charge in [0.05, 0.1) is 0 Å². The van der Waals surface area contributed by atoms with E-state index in [1.807, 2.05) is 6.92 Å². The average molecular weight is 259 g/mol. The fraction of sp³-hybridized carbons (Fsp3) is 0.750. The van der Waals surface area contributed by atoms with Gasteiger partial charge in [0, 0.05) is 24.3 Å². The second kappa shape index (κ2) is 5.10. The van der Waals surface area contributed by atoms with Crippen LogP contribution < -0.4 is 4.90 Å². The summed E-state index contributed by atoms with van der Waals surface area (Å²) in [4.78, 5) is 12.0. The van der Waals surface area contributed by atoms with Crippen molar-refractivity contribution in [1.29, 1.82) is 0 Å². The van der Waals surface area contributed by atoms with Crippen LogP contribution in [-0.4, -0.2) is 23.1 Å². The van der Waals surface area contributed by atoms with Gasteiger partial charge in [0.15, 0.2) is 0 Å². The van der Waals surface area contributed by atoms with Gasteiger partial charge >= 0.3 is 0 Å². The van der Waals surface area contributed by atoms with Crippen LogP contribution in [0.1, 0.15) is 50.2 Å². The van der Waals surface area contributed by atoms with Gasteiger partial charge in [-0.25, -0.2) is 9.97 Å². The van der Waals surface area contributed by atoms with Crippen LogP contribution in [0.15, 0.2) is 0 Å². The van der Waals surface area contributed by atoms with Crippen molar-refractivity contribution in [3.05, 3.63) is 17.1 Å². The van der Waals surface area contributed by atoms with Crippen molar-refractivity contribution in [1.82, 2.24) is 9.97 Å². The van der Waals surface area contributed by atoms with Crippen molar-refractivity contribution in [2.24, 2.45) is 11.8 Å². The third kappa shape index (κ3) is 2.47. The number of hydrogen-bond acceptors (Lipinski definition) is 3. The van der Waals surface area contributed by atoms with Crippen molar-refractivity contribution >= 4 is 5.82 Å². The van der Waals surface area contributed by atoms with E-state index in [4.69, 9.17) is 4.98 Å². The zero-order chi connectivity index (χ0) is 13.4. The number of hydrogen-bond donors (Lipinski definition) is 0. The number of anilines is 1. The molecule has 2 unspecified atom stereocenters. The summed E-state index contributed by atoms with van der Waals surface area (Å²) in [6.45, 7) is 9.10. The van der Waals surface area contributed by atoms with E-state index in [1.54, 1.807) is 0 Å². The Hall–Kier alpha value is -1.12. The molecular weight excluding hydrogens is 234 g/mol. The lowest BCUT2D eigenvalue weighted by Gasteiger charge is -2.37. The number of aryl methyl sites for hydroxylation is 2. The maximum absolute atomic E-state index is 4.78. The Morgan fingerprint density at radius 3 is 2.63 bits per heavy atom. The minimum absolute atomic E-state index is 0.767. The zero-order valence-corrected chi connectivity index (χ0v) is 12.4. The molecule has 2 atom stereocenters. The van der Waals surface area contributed by atoms with Crippen LogP contribution in [0, 0.1) is 18.8 Å². The van der Waals surface area contributed by atoms with E-state index in [0.717, 1.165) is 37.2 Å². The molecule has 2 aliphatic rings. The molecule has 1 saturated heterocycles. The second-order valence-corrected chi connectivity index (χ2v) is 6.42. The minimum Gasteiger partial charge on any atom is -0.356 e. The fourth-order valence-electron chi connectivity index (χ4n) is 3.41. The Labute approximate surface area is 116 Å². The Kier molecular flexibility index (Phi) is 3.46. The number of nitrogens with zero attached hydrogens (tertiary/aromatic N) is 3. The smallest absolute Gasteiger partial charge is 0.135 e. The van der Waals surface area contributed by atoms with Crippen molar-refractivity contribution in [3.63, 3.8) is 0 Å². The molecule has 0 aromatic carbocycles. The largest absolute Gasteiger partial charge is 0.356 e. The second-order valence-electron chi connectivity index (χ2n) is 6.42. The molecule has 0 spiro atoms. The van der Waals surface area contributed by atoms with Crippen LogP contribution in [0.25, 0.3) is 0 Å². The Bertz CT molecular complexity index is 469. The first-order chi connectivity index (χ1) is 9.15. The zero-order valence-electron chi connectivity index (χ0n) is 12.4. The highest BCUT2D eigenvalue weighted by atomic mass is 15.2. The van der Waals surface area contributed by atoms with Gasteiger partial charge in [-0.05, 0) is 50.9 Å². The molecule has 0 bridgehead atoms. The molecule has 1 aromatic rings. The maximum Gasteiger partial charge on any atom is 0.135 e. The summed E-state index contributed by atoms with van der Waals surface area (Å²) in [5.74, 6) is 3.81. The van der Waals surface area contributed by atoms with Crippen molar-refractivity contribution < 1.29 is 0 Å². The lowest BCUT2D eigenvalue weighted by Crippen LogP contribution is -2.40. The SMILES string of the molecule is Cc1nc2c(c(N3CCC(C)C(C)C3)n1)CCCC2. The Balaban J connectivity index is 1.93. The molecule has 104 valence electrons. The molecule has 0 N–H and O–H groups in total. The van der Waals surface area contributed by atoms with Gasteiger partial charge in [-0.1, -0.05) is 13.8 Å². The molecule has 3 heteroatoms. The van der Waals surface area contributed by atoms with Crippen LogP contribution in [-0.2, 0) is 12.8 Å². The molecule has 0 saturated carbocycles. The summed E-state index contributed by atoms with van der Waals surface area (Å²) >= 11 is 0. The maximum atomic E-state index is 4.78. The molecule has 0 amide bonds. The topological polar surface area (TPSA) is 29.0 Å². The van der Waals surface area contributed by atoms with E-state index in [1.165, 1.54) is 42.8 Å². The third-order valence-corrected chi connectivity index (χ3v) is 4.91. The Morgan fingerprint density at radius 2 is 1.84 bits per heavy atom. The lowest BCUT2D eigenvalue weighted by atomic mass is 9.88. The summed E-state index contributed by atoms with van der Waals surface area (Å²) in [7, 11) is 0. The van der Waals surface area contributed by atoms with Gasteiger partial charge in [0.1, 0.15) is 11.6 Å². The average Bonchev–Trinajstić information content (AvgIpc) is 2.41. The van der Waals surface area contributed by atoms with Gasteiger partial charge in [-0.15, -0.1) is 0 Å². The number of rotatable bonds is 1. The number of fused-ring (bicyclic) bond motifs is 1. The molecule has 0 radical (unpaired) electrons. The first-order valence-electron chi connectivity index (χ1n) is 7.76. The monoisotopic (exact) mass is 259 g/mol. The lowest BCUT2D eigenvalue weighted by molar-refractivity contribution is 0.322. The van der Waals surface area contributed by atoms with Crippen LogP contribution >= 0.6 is 0 Å². The predicted molar refractivity (Wildman–Crippen MR) is 78.6 cm³/mol. The molecular formula is C16H25N3. The summed E-state index contributed by atoms with van der Waals surface area (Å²) in [6.07, 6.45) is 6.19. The Morgan fingerprint density at radius 1 is 1.05 bits per heavy atom. The highest BCUT2D eigenvalue weighted by molar-refractivity contribution is 5.50. The summed E-state index contributed by atoms with van der Waals surface area (Å²) in [6, 6.07) is 0. The quantitative estimate of drug-likeness (QED) is 0.776. The fourth-order valence-corrected chi connectivity index (χ4v) is 3.41. The first kappa shape index (κ1) is 12.9. The molecule has 3 nitrogen and oxygen atoms in total. The highest BCUT2D eigenvalue weighted by Gasteiger charge is 2.27. The third-order valence-electron chi connectivity index (χ3n) is 4.91.